The van der Waals surface area contributed by atoms with Crippen molar-refractivity contribution in [2.24, 2.45) is 0 Å². The summed E-state index contributed by atoms with van der Waals surface area (Å²) < 4.78 is 22.8. The van der Waals surface area contributed by atoms with Crippen LogP contribution >= 0.6 is 0 Å². The molecule has 0 saturated heterocycles. The van der Waals surface area contributed by atoms with Gasteiger partial charge in [-0.25, -0.2) is 8.42 Å². The van der Waals surface area contributed by atoms with Crippen molar-refractivity contribution in [1.82, 2.24) is 16.0 Å². The van der Waals surface area contributed by atoms with Crippen LogP contribution in [0.4, 0.5) is 0 Å². The molecule has 0 heterocycles. The monoisotopic (exact) mass is 383 g/mol. The number of hydrogen-bond donors (Lipinski definition) is 3. The van der Waals surface area contributed by atoms with Gasteiger partial charge < -0.3 is 16.0 Å². The molecule has 26 heavy (non-hydrogen) atoms. The molecular formula is C17H25N3O5S. The summed E-state index contributed by atoms with van der Waals surface area (Å²) in [5.74, 6) is -1.74. The number of sulfone groups is 1. The molecule has 1 atom stereocenters. The first-order valence-electron chi connectivity index (χ1n) is 8.19. The molecule has 0 unspecified atom stereocenters. The minimum absolute atomic E-state index is 0.0711. The van der Waals surface area contributed by atoms with E-state index in [0.717, 1.165) is 6.26 Å². The second-order valence-corrected chi connectivity index (χ2v) is 8.51. The van der Waals surface area contributed by atoms with Crippen LogP contribution in [0.2, 0.25) is 0 Å². The molecule has 3 amide bonds. The third-order valence-electron chi connectivity index (χ3n) is 3.31. The summed E-state index contributed by atoms with van der Waals surface area (Å²) >= 11 is 0. The Morgan fingerprint density at radius 2 is 1.65 bits per heavy atom. The molecule has 0 fully saturated rings. The maximum absolute atomic E-state index is 12.3. The van der Waals surface area contributed by atoms with Crippen LogP contribution in [0, 0.1) is 0 Å². The molecule has 0 bridgehead atoms. The van der Waals surface area contributed by atoms with Crippen molar-refractivity contribution < 1.29 is 22.8 Å². The van der Waals surface area contributed by atoms with E-state index in [1.54, 1.807) is 44.2 Å². The third kappa shape index (κ3) is 8.61. The third-order valence-corrected chi connectivity index (χ3v) is 4.29. The van der Waals surface area contributed by atoms with Gasteiger partial charge in [-0.05, 0) is 32.4 Å². The van der Waals surface area contributed by atoms with E-state index in [4.69, 9.17) is 0 Å². The molecule has 0 spiro atoms. The molecule has 0 aromatic heterocycles. The Morgan fingerprint density at radius 3 is 2.19 bits per heavy atom. The van der Waals surface area contributed by atoms with Gasteiger partial charge in [-0.2, -0.15) is 0 Å². The molecule has 1 aromatic rings. The fourth-order valence-corrected chi connectivity index (χ4v) is 2.76. The summed E-state index contributed by atoms with van der Waals surface area (Å²) in [7, 11) is -3.31. The molecule has 1 aromatic carbocycles. The number of amides is 3. The first-order chi connectivity index (χ1) is 12.1. The van der Waals surface area contributed by atoms with Crippen LogP contribution in [0.3, 0.4) is 0 Å². The molecule has 144 valence electrons. The molecule has 9 heteroatoms. The Morgan fingerprint density at radius 1 is 1.04 bits per heavy atom. The van der Waals surface area contributed by atoms with Crippen molar-refractivity contribution in [2.75, 3.05) is 18.6 Å². The standard InChI is InChI=1S/C17H25N3O5S/c1-12(2)19-15(21)11-18-17(23)14(9-10-26(3,24)25)20-16(22)13-7-5-4-6-8-13/h4-8,12,14H,9-11H2,1-3H3,(H,18,23)(H,19,21)(H,20,22)/t14-/m1/s1. The van der Waals surface area contributed by atoms with E-state index < -0.39 is 27.7 Å². The van der Waals surface area contributed by atoms with Crippen molar-refractivity contribution in [2.45, 2.75) is 32.4 Å². The van der Waals surface area contributed by atoms with Gasteiger partial charge in [0.2, 0.25) is 11.8 Å². The largest absolute Gasteiger partial charge is 0.352 e. The zero-order chi connectivity index (χ0) is 19.7. The minimum Gasteiger partial charge on any atom is -0.352 e. The lowest BCUT2D eigenvalue weighted by molar-refractivity contribution is -0.127. The van der Waals surface area contributed by atoms with Crippen LogP contribution in [0.5, 0.6) is 0 Å². The Bertz CT molecular complexity index is 732. The van der Waals surface area contributed by atoms with Gasteiger partial charge in [0.15, 0.2) is 0 Å². The lowest BCUT2D eigenvalue weighted by Gasteiger charge is -2.18. The number of carbonyl (C=O) groups is 3. The quantitative estimate of drug-likeness (QED) is 0.548. The van der Waals surface area contributed by atoms with E-state index in [9.17, 15) is 22.8 Å². The van der Waals surface area contributed by atoms with Crippen molar-refractivity contribution in [3.8, 4) is 0 Å². The number of carbonyl (C=O) groups excluding carboxylic acids is 3. The van der Waals surface area contributed by atoms with E-state index >= 15 is 0 Å². The summed E-state index contributed by atoms with van der Waals surface area (Å²) in [4.78, 5) is 36.2. The highest BCUT2D eigenvalue weighted by Crippen LogP contribution is 2.02. The van der Waals surface area contributed by atoms with Crippen LogP contribution in [-0.4, -0.2) is 56.8 Å². The van der Waals surface area contributed by atoms with Crippen LogP contribution in [0.1, 0.15) is 30.6 Å². The fourth-order valence-electron chi connectivity index (χ4n) is 2.10. The number of rotatable bonds is 9. The summed E-state index contributed by atoms with van der Waals surface area (Å²) in [6, 6.07) is 7.13. The first-order valence-corrected chi connectivity index (χ1v) is 10.2. The van der Waals surface area contributed by atoms with Crippen molar-refractivity contribution in [3.05, 3.63) is 35.9 Å². The van der Waals surface area contributed by atoms with E-state index in [0.29, 0.717) is 5.56 Å². The lowest BCUT2D eigenvalue weighted by atomic mass is 10.1. The summed E-state index contributed by atoms with van der Waals surface area (Å²) in [5.41, 5.74) is 0.349. The second-order valence-electron chi connectivity index (χ2n) is 6.25. The highest BCUT2D eigenvalue weighted by molar-refractivity contribution is 7.90. The maximum atomic E-state index is 12.3. The van der Waals surface area contributed by atoms with Crippen LogP contribution in [-0.2, 0) is 19.4 Å². The first kappa shape index (κ1) is 21.6. The zero-order valence-electron chi connectivity index (χ0n) is 15.1. The van der Waals surface area contributed by atoms with Gasteiger partial charge in [0.05, 0.1) is 12.3 Å². The Kier molecular flexibility index (Phi) is 8.24. The Hall–Kier alpha value is -2.42. The van der Waals surface area contributed by atoms with Gasteiger partial charge in [0.1, 0.15) is 15.9 Å². The molecule has 0 aliphatic heterocycles. The van der Waals surface area contributed by atoms with Gasteiger partial charge in [0.25, 0.3) is 5.91 Å². The zero-order valence-corrected chi connectivity index (χ0v) is 15.9. The predicted molar refractivity (Wildman–Crippen MR) is 98.3 cm³/mol. The van der Waals surface area contributed by atoms with Crippen LogP contribution in [0.15, 0.2) is 30.3 Å². The SMILES string of the molecule is CC(C)NC(=O)CNC(=O)[C@@H](CCS(C)(=O)=O)NC(=O)c1ccccc1. The average molecular weight is 383 g/mol. The summed E-state index contributed by atoms with van der Waals surface area (Å²) in [6.07, 6.45) is 0.964. The van der Waals surface area contributed by atoms with Gasteiger partial charge >= 0.3 is 0 Å². The van der Waals surface area contributed by atoms with E-state index in [2.05, 4.69) is 16.0 Å². The van der Waals surface area contributed by atoms with Gasteiger partial charge in [-0.1, -0.05) is 18.2 Å². The van der Waals surface area contributed by atoms with E-state index in [1.165, 1.54) is 0 Å². The average Bonchev–Trinajstić information content (AvgIpc) is 2.55. The van der Waals surface area contributed by atoms with Crippen molar-refractivity contribution in [1.29, 1.82) is 0 Å². The molecule has 0 aliphatic carbocycles. The van der Waals surface area contributed by atoms with E-state index in [-0.39, 0.29) is 30.7 Å². The highest BCUT2D eigenvalue weighted by atomic mass is 32.2. The molecule has 8 nitrogen and oxygen atoms in total. The molecule has 0 saturated carbocycles. The number of nitrogens with one attached hydrogen (secondary N) is 3. The van der Waals surface area contributed by atoms with Gasteiger partial charge in [0, 0.05) is 17.9 Å². The predicted octanol–water partition coefficient (Wildman–Crippen LogP) is -0.139. The number of hydrogen-bond acceptors (Lipinski definition) is 5. The van der Waals surface area contributed by atoms with Crippen molar-refractivity contribution >= 4 is 27.6 Å². The van der Waals surface area contributed by atoms with Crippen LogP contribution in [0.25, 0.3) is 0 Å². The minimum atomic E-state index is -3.31. The molecule has 0 aliphatic rings. The molecular weight excluding hydrogens is 358 g/mol. The summed E-state index contributed by atoms with van der Waals surface area (Å²) in [6.45, 7) is 3.32. The molecule has 3 N–H and O–H groups in total. The molecule has 1 rings (SSSR count). The topological polar surface area (TPSA) is 121 Å². The lowest BCUT2D eigenvalue weighted by Crippen LogP contribution is -2.50. The van der Waals surface area contributed by atoms with Crippen LogP contribution < -0.4 is 16.0 Å². The number of benzene rings is 1. The van der Waals surface area contributed by atoms with Crippen molar-refractivity contribution in [3.63, 3.8) is 0 Å². The highest BCUT2D eigenvalue weighted by Gasteiger charge is 2.23. The summed E-state index contributed by atoms with van der Waals surface area (Å²) in [5, 5.41) is 7.57. The smallest absolute Gasteiger partial charge is 0.251 e. The van der Waals surface area contributed by atoms with E-state index in [1.807, 2.05) is 0 Å². The fraction of sp³-hybridized carbons (Fsp3) is 0.471. The van der Waals surface area contributed by atoms with Gasteiger partial charge in [-0.3, -0.25) is 14.4 Å². The normalized spacial score (nSPS) is 12.3. The Labute approximate surface area is 153 Å². The Balaban J connectivity index is 2.75. The maximum Gasteiger partial charge on any atom is 0.251 e. The van der Waals surface area contributed by atoms with Gasteiger partial charge in [-0.15, -0.1) is 0 Å². The molecule has 0 radical (unpaired) electrons. The second kappa shape index (κ2) is 9.91.